The number of hydrogen-bond acceptors (Lipinski definition) is 5. The third kappa shape index (κ3) is 2.14. The second-order valence-electron chi connectivity index (χ2n) is 4.70. The molecule has 1 fully saturated rings. The van der Waals surface area contributed by atoms with Crippen LogP contribution in [0.3, 0.4) is 0 Å². The Morgan fingerprint density at radius 2 is 2.33 bits per heavy atom. The summed E-state index contributed by atoms with van der Waals surface area (Å²) in [5.74, 6) is 1.24. The van der Waals surface area contributed by atoms with Gasteiger partial charge in [-0.25, -0.2) is 13.4 Å². The first kappa shape index (κ1) is 12.0. The summed E-state index contributed by atoms with van der Waals surface area (Å²) in [6.45, 7) is 1.25. The summed E-state index contributed by atoms with van der Waals surface area (Å²) in [6, 6.07) is 1.86. The van der Waals surface area contributed by atoms with Gasteiger partial charge in [0, 0.05) is 25.3 Å². The number of nitrogens with zero attached hydrogens (tertiary/aromatic N) is 2. The Balaban J connectivity index is 2.00. The number of hydrogen-bond donors (Lipinski definition) is 1. The highest BCUT2D eigenvalue weighted by molar-refractivity contribution is 7.91. The van der Waals surface area contributed by atoms with E-state index in [2.05, 4.69) is 15.2 Å². The first-order chi connectivity index (χ1) is 8.55. The van der Waals surface area contributed by atoms with Crippen LogP contribution >= 0.6 is 11.6 Å². The van der Waals surface area contributed by atoms with Crippen molar-refractivity contribution >= 4 is 32.9 Å². The smallest absolute Gasteiger partial charge is 0.154 e. The van der Waals surface area contributed by atoms with Gasteiger partial charge in [0.05, 0.1) is 22.2 Å². The number of anilines is 2. The molecular formula is C11H14ClN3O2S. The van der Waals surface area contributed by atoms with Crippen molar-refractivity contribution in [2.24, 2.45) is 0 Å². The fourth-order valence-electron chi connectivity index (χ4n) is 2.57. The van der Waals surface area contributed by atoms with Crippen molar-refractivity contribution < 1.29 is 8.42 Å². The van der Waals surface area contributed by atoms with Crippen LogP contribution in [0.4, 0.5) is 11.5 Å². The maximum atomic E-state index is 11.7. The molecule has 1 unspecified atom stereocenters. The quantitative estimate of drug-likeness (QED) is 0.776. The predicted octanol–water partition coefficient (Wildman–Crippen LogP) is 1.15. The molecule has 0 amide bonds. The van der Waals surface area contributed by atoms with Gasteiger partial charge in [0.15, 0.2) is 15.7 Å². The van der Waals surface area contributed by atoms with Crippen LogP contribution in [0.15, 0.2) is 12.3 Å². The fraction of sp³-hybridized carbons (Fsp3) is 0.545. The molecule has 0 bridgehead atoms. The van der Waals surface area contributed by atoms with E-state index >= 15 is 0 Å². The van der Waals surface area contributed by atoms with Crippen LogP contribution in [0.5, 0.6) is 0 Å². The zero-order valence-electron chi connectivity index (χ0n) is 9.76. The zero-order chi connectivity index (χ0) is 12.8. The Hall–Kier alpha value is -1.01. The maximum absolute atomic E-state index is 11.7. The molecule has 98 valence electrons. The standard InChI is InChI=1S/C11H14ClN3O2S/c12-8-5-10-11(14-6-8)15-3-4-18(16,17)7-9(15)1-2-13-10/h5-6,9,13H,1-4,7H2. The minimum atomic E-state index is -2.90. The van der Waals surface area contributed by atoms with E-state index in [0.717, 1.165) is 24.5 Å². The van der Waals surface area contributed by atoms with E-state index in [9.17, 15) is 8.42 Å². The fourth-order valence-corrected chi connectivity index (χ4v) is 4.30. The summed E-state index contributed by atoms with van der Waals surface area (Å²) in [5.41, 5.74) is 0.893. The van der Waals surface area contributed by atoms with Crippen molar-refractivity contribution in [3.05, 3.63) is 17.3 Å². The van der Waals surface area contributed by atoms with E-state index in [1.54, 1.807) is 6.20 Å². The number of halogens is 1. The molecule has 2 aliphatic heterocycles. The highest BCUT2D eigenvalue weighted by Gasteiger charge is 2.34. The highest BCUT2D eigenvalue weighted by atomic mass is 35.5. The summed E-state index contributed by atoms with van der Waals surface area (Å²) < 4.78 is 23.4. The Bertz CT molecular complexity index is 576. The lowest BCUT2D eigenvalue weighted by atomic mass is 10.2. The molecule has 0 radical (unpaired) electrons. The van der Waals surface area contributed by atoms with Crippen LogP contribution in [-0.2, 0) is 9.84 Å². The van der Waals surface area contributed by atoms with Crippen molar-refractivity contribution in [2.45, 2.75) is 12.5 Å². The third-order valence-corrected chi connectivity index (χ3v) is 5.33. The lowest BCUT2D eigenvalue weighted by Gasteiger charge is -2.35. The Labute approximate surface area is 111 Å². The van der Waals surface area contributed by atoms with Gasteiger partial charge in [0.1, 0.15) is 0 Å². The molecule has 1 N–H and O–H groups in total. The van der Waals surface area contributed by atoms with Crippen LogP contribution < -0.4 is 10.2 Å². The number of sulfone groups is 1. The Morgan fingerprint density at radius 3 is 3.17 bits per heavy atom. The predicted molar refractivity (Wildman–Crippen MR) is 72.1 cm³/mol. The molecule has 3 rings (SSSR count). The van der Waals surface area contributed by atoms with Gasteiger partial charge in [0.25, 0.3) is 0 Å². The van der Waals surface area contributed by atoms with Crippen LogP contribution in [-0.4, -0.2) is 44.0 Å². The van der Waals surface area contributed by atoms with E-state index in [1.807, 2.05) is 6.07 Å². The first-order valence-corrected chi connectivity index (χ1v) is 8.11. The molecule has 3 heterocycles. The summed E-state index contributed by atoms with van der Waals surface area (Å²) in [7, 11) is -2.90. The van der Waals surface area contributed by atoms with Crippen molar-refractivity contribution in [2.75, 3.05) is 34.8 Å². The van der Waals surface area contributed by atoms with Crippen LogP contribution in [0.2, 0.25) is 5.02 Å². The number of aromatic nitrogens is 1. The Morgan fingerprint density at radius 1 is 1.50 bits per heavy atom. The van der Waals surface area contributed by atoms with Crippen molar-refractivity contribution in [3.8, 4) is 0 Å². The molecule has 0 aliphatic carbocycles. The third-order valence-electron chi connectivity index (χ3n) is 3.43. The van der Waals surface area contributed by atoms with Crippen LogP contribution in [0, 0.1) is 0 Å². The molecule has 0 spiro atoms. The summed E-state index contributed by atoms with van der Waals surface area (Å²) in [6.07, 6.45) is 2.40. The minimum absolute atomic E-state index is 0.0196. The van der Waals surface area contributed by atoms with Crippen LogP contribution in [0.25, 0.3) is 0 Å². The molecule has 1 aromatic heterocycles. The van der Waals surface area contributed by atoms with Crippen LogP contribution in [0.1, 0.15) is 6.42 Å². The van der Waals surface area contributed by atoms with Crippen molar-refractivity contribution in [3.63, 3.8) is 0 Å². The topological polar surface area (TPSA) is 62.3 Å². The second-order valence-corrected chi connectivity index (χ2v) is 7.37. The first-order valence-electron chi connectivity index (χ1n) is 5.92. The van der Waals surface area contributed by atoms with Crippen molar-refractivity contribution in [1.29, 1.82) is 0 Å². The van der Waals surface area contributed by atoms with E-state index in [4.69, 9.17) is 11.6 Å². The van der Waals surface area contributed by atoms with Gasteiger partial charge >= 0.3 is 0 Å². The molecule has 18 heavy (non-hydrogen) atoms. The molecule has 1 atom stereocenters. The lowest BCUT2D eigenvalue weighted by Crippen LogP contribution is -2.48. The lowest BCUT2D eigenvalue weighted by molar-refractivity contribution is 0.548. The van der Waals surface area contributed by atoms with E-state index in [1.165, 1.54) is 0 Å². The van der Waals surface area contributed by atoms with E-state index in [-0.39, 0.29) is 17.5 Å². The van der Waals surface area contributed by atoms with Gasteiger partial charge in [-0.3, -0.25) is 0 Å². The second kappa shape index (κ2) is 4.28. The normalized spacial score (nSPS) is 25.6. The van der Waals surface area contributed by atoms with Gasteiger partial charge < -0.3 is 10.2 Å². The molecule has 2 aliphatic rings. The molecular weight excluding hydrogens is 274 g/mol. The average Bonchev–Trinajstić information content (AvgIpc) is 2.45. The van der Waals surface area contributed by atoms with Gasteiger partial charge in [-0.2, -0.15) is 0 Å². The highest BCUT2D eigenvalue weighted by Crippen LogP contribution is 2.32. The number of fused-ring (bicyclic) bond motifs is 3. The van der Waals surface area contributed by atoms with Crippen molar-refractivity contribution in [1.82, 2.24) is 4.98 Å². The molecule has 0 saturated carbocycles. The number of nitrogens with one attached hydrogen (secondary N) is 1. The zero-order valence-corrected chi connectivity index (χ0v) is 11.3. The Kier molecular flexibility index (Phi) is 2.86. The SMILES string of the molecule is O=S1(=O)CCN2c3ncc(Cl)cc3NCCC2C1. The minimum Gasteiger partial charge on any atom is -0.382 e. The summed E-state index contributed by atoms with van der Waals surface area (Å²) in [5, 5.41) is 3.85. The number of rotatable bonds is 0. The number of pyridine rings is 1. The summed E-state index contributed by atoms with van der Waals surface area (Å²) >= 11 is 5.93. The van der Waals surface area contributed by atoms with Gasteiger partial charge in [0.2, 0.25) is 0 Å². The maximum Gasteiger partial charge on any atom is 0.154 e. The van der Waals surface area contributed by atoms with Gasteiger partial charge in [-0.05, 0) is 12.5 Å². The van der Waals surface area contributed by atoms with Gasteiger partial charge in [-0.1, -0.05) is 11.6 Å². The molecule has 5 nitrogen and oxygen atoms in total. The average molecular weight is 288 g/mol. The molecule has 1 aromatic rings. The molecule has 1 saturated heterocycles. The molecule has 7 heteroatoms. The van der Waals surface area contributed by atoms with Gasteiger partial charge in [-0.15, -0.1) is 0 Å². The summed E-state index contributed by atoms with van der Waals surface area (Å²) in [4.78, 5) is 6.44. The van der Waals surface area contributed by atoms with E-state index in [0.29, 0.717) is 11.6 Å². The largest absolute Gasteiger partial charge is 0.382 e. The molecule has 0 aromatic carbocycles. The van der Waals surface area contributed by atoms with E-state index < -0.39 is 9.84 Å². The monoisotopic (exact) mass is 287 g/mol.